The van der Waals surface area contributed by atoms with Crippen LogP contribution in [0.5, 0.6) is 0 Å². The monoisotopic (exact) mass is 646 g/mol. The number of rotatable bonds is 9. The molecule has 3 aliphatic carbocycles. The Balaban J connectivity index is 1.57. The maximum absolute atomic E-state index is 13.5. The lowest BCUT2D eigenvalue weighted by Gasteiger charge is -2.57. The van der Waals surface area contributed by atoms with Crippen LogP contribution < -0.4 is 10.4 Å². The smallest absolute Gasteiger partial charge is 0.302 e. The summed E-state index contributed by atoms with van der Waals surface area (Å²) in [6.45, 7) is 15.3. The van der Waals surface area contributed by atoms with Crippen LogP contribution in [0, 0.1) is 34.5 Å². The summed E-state index contributed by atoms with van der Waals surface area (Å²) >= 11 is 0. The fourth-order valence-electron chi connectivity index (χ4n) is 9.78. The Labute approximate surface area is 277 Å². The first-order chi connectivity index (χ1) is 21.7. The Morgan fingerprint density at radius 3 is 1.98 bits per heavy atom. The van der Waals surface area contributed by atoms with Gasteiger partial charge >= 0.3 is 11.9 Å². The maximum Gasteiger partial charge on any atom is 0.302 e. The first-order valence-electron chi connectivity index (χ1n) is 17.3. The molecule has 3 fully saturated rings. The van der Waals surface area contributed by atoms with Crippen molar-refractivity contribution in [2.24, 2.45) is 34.5 Å². The first-order valence-corrected chi connectivity index (χ1v) is 19.2. The average Bonchev–Trinajstić information content (AvgIpc) is 3.31. The lowest BCUT2D eigenvalue weighted by Crippen LogP contribution is -2.67. The van der Waals surface area contributed by atoms with Gasteiger partial charge in [0.1, 0.15) is 11.9 Å². The summed E-state index contributed by atoms with van der Waals surface area (Å²) in [6, 6.07) is 21.6. The van der Waals surface area contributed by atoms with Crippen molar-refractivity contribution >= 4 is 36.4 Å². The van der Waals surface area contributed by atoms with E-state index in [0.717, 1.165) is 32.1 Å². The van der Waals surface area contributed by atoms with Crippen molar-refractivity contribution in [3.8, 4) is 0 Å². The van der Waals surface area contributed by atoms with Crippen molar-refractivity contribution in [3.05, 3.63) is 60.7 Å². The molecule has 0 aromatic heterocycles. The number of fused-ring (bicyclic) bond motifs is 1. The van der Waals surface area contributed by atoms with Gasteiger partial charge < -0.3 is 13.9 Å². The molecule has 0 heterocycles. The largest absolute Gasteiger partial charge is 0.466 e. The molecule has 6 nitrogen and oxygen atoms in total. The number of carbonyl (C=O) groups is 3. The van der Waals surface area contributed by atoms with Crippen LogP contribution in [0.2, 0.25) is 5.04 Å². The molecule has 0 saturated heterocycles. The Hall–Kier alpha value is -2.77. The number of hydrogen-bond donors (Lipinski definition) is 0. The summed E-state index contributed by atoms with van der Waals surface area (Å²) < 4.78 is 19.1. The van der Waals surface area contributed by atoms with Gasteiger partial charge in [0.2, 0.25) is 0 Å². The van der Waals surface area contributed by atoms with Gasteiger partial charge in [-0.3, -0.25) is 14.4 Å². The van der Waals surface area contributed by atoms with Gasteiger partial charge in [-0.05, 0) is 77.1 Å². The highest BCUT2D eigenvalue weighted by atomic mass is 28.4. The minimum absolute atomic E-state index is 0.0383. The molecule has 46 heavy (non-hydrogen) atoms. The van der Waals surface area contributed by atoms with E-state index in [1.54, 1.807) is 0 Å². The third kappa shape index (κ3) is 6.38. The molecule has 3 saturated carbocycles. The molecule has 2 aromatic carbocycles. The molecular weight excluding hydrogens is 593 g/mol. The fourth-order valence-corrected chi connectivity index (χ4v) is 14.4. The minimum atomic E-state index is -2.81. The molecule has 0 spiro atoms. The summed E-state index contributed by atoms with van der Waals surface area (Å²) in [7, 11) is -2.81. The molecule has 0 unspecified atom stereocenters. The summed E-state index contributed by atoms with van der Waals surface area (Å²) in [6.07, 6.45) is 5.47. The minimum Gasteiger partial charge on any atom is -0.466 e. The predicted octanol–water partition coefficient (Wildman–Crippen LogP) is 6.88. The van der Waals surface area contributed by atoms with E-state index in [9.17, 15) is 14.4 Å². The van der Waals surface area contributed by atoms with E-state index in [0.29, 0.717) is 31.8 Å². The van der Waals surface area contributed by atoms with Crippen LogP contribution in [0.1, 0.15) is 93.4 Å². The molecule has 3 aliphatic rings. The molecule has 5 rings (SSSR count). The molecular formula is C39H54O6Si. The second kappa shape index (κ2) is 13.4. The molecule has 7 atom stereocenters. The highest BCUT2D eigenvalue weighted by molar-refractivity contribution is 6.99. The van der Waals surface area contributed by atoms with E-state index in [-0.39, 0.29) is 57.6 Å². The Kier molecular flexibility index (Phi) is 10.1. The van der Waals surface area contributed by atoms with Gasteiger partial charge in [-0.15, -0.1) is 0 Å². The van der Waals surface area contributed by atoms with E-state index in [1.807, 2.05) is 0 Å². The van der Waals surface area contributed by atoms with Crippen LogP contribution in [0.25, 0.3) is 0 Å². The molecule has 0 radical (unpaired) electrons. The second-order valence-electron chi connectivity index (χ2n) is 15.8. The topological polar surface area (TPSA) is 78.9 Å². The lowest BCUT2D eigenvalue weighted by molar-refractivity contribution is -0.163. The number of carbonyl (C=O) groups excluding carboxylic acids is 3. The fraction of sp³-hybridized carbons (Fsp3) is 0.615. The molecule has 0 bridgehead atoms. The second-order valence-corrected chi connectivity index (χ2v) is 20.1. The zero-order chi connectivity index (χ0) is 33.3. The number of ketones is 1. The standard InChI is InChI=1S/C39H54O6Si/c1-27(40)43-25-29-24-30(45-28(2)41)20-22-38(29,6)35-21-23-39(7)34(18-19-36(39)42)33(35)26-44-46(37(3,4)5,31-14-10-8-11-15-31)32-16-12-9-13-17-32/h8-17,29-30,33-35H,18-26H2,1-7H3/t29-,30+,33+,34+,35+,38+,39+/m1/s1. The number of Topliss-reactive ketones (excluding diaryl/α,β-unsaturated/α-hetero) is 1. The van der Waals surface area contributed by atoms with Crippen molar-refractivity contribution in [2.45, 2.75) is 105 Å². The normalized spacial score (nSPS) is 31.6. The van der Waals surface area contributed by atoms with Gasteiger partial charge in [-0.2, -0.15) is 0 Å². The van der Waals surface area contributed by atoms with E-state index < -0.39 is 8.32 Å². The van der Waals surface area contributed by atoms with Crippen molar-refractivity contribution in [1.82, 2.24) is 0 Å². The van der Waals surface area contributed by atoms with Gasteiger partial charge in [-0.25, -0.2) is 0 Å². The highest BCUT2D eigenvalue weighted by Gasteiger charge is 2.60. The quantitative estimate of drug-likeness (QED) is 0.219. The molecule has 0 N–H and O–H groups in total. The summed E-state index contributed by atoms with van der Waals surface area (Å²) in [5.74, 6) is 0.545. The van der Waals surface area contributed by atoms with Gasteiger partial charge in [0, 0.05) is 38.2 Å². The van der Waals surface area contributed by atoms with Crippen molar-refractivity contribution in [2.75, 3.05) is 13.2 Å². The first kappa shape index (κ1) is 34.6. The highest BCUT2D eigenvalue weighted by Crippen LogP contribution is 2.61. The van der Waals surface area contributed by atoms with E-state index in [4.69, 9.17) is 13.9 Å². The van der Waals surface area contributed by atoms with Crippen LogP contribution in [-0.4, -0.2) is 45.4 Å². The number of hydrogen-bond acceptors (Lipinski definition) is 6. The zero-order valence-electron chi connectivity index (χ0n) is 29.0. The molecule has 2 aromatic rings. The Morgan fingerprint density at radius 2 is 1.43 bits per heavy atom. The van der Waals surface area contributed by atoms with Crippen molar-refractivity contribution in [3.63, 3.8) is 0 Å². The van der Waals surface area contributed by atoms with E-state index in [1.165, 1.54) is 24.2 Å². The Morgan fingerprint density at radius 1 is 0.826 bits per heavy atom. The van der Waals surface area contributed by atoms with Crippen LogP contribution in [0.3, 0.4) is 0 Å². The van der Waals surface area contributed by atoms with E-state index in [2.05, 4.69) is 95.3 Å². The predicted molar refractivity (Wildman–Crippen MR) is 183 cm³/mol. The van der Waals surface area contributed by atoms with Gasteiger partial charge in [-0.1, -0.05) is 95.3 Å². The van der Waals surface area contributed by atoms with Crippen molar-refractivity contribution < 1.29 is 28.3 Å². The number of benzene rings is 2. The lowest BCUT2D eigenvalue weighted by atomic mass is 9.49. The summed E-state index contributed by atoms with van der Waals surface area (Å²) in [5, 5.41) is 2.36. The average molecular weight is 647 g/mol. The summed E-state index contributed by atoms with van der Waals surface area (Å²) in [5.41, 5.74) is -0.509. The van der Waals surface area contributed by atoms with Gasteiger partial charge in [0.05, 0.1) is 6.61 Å². The van der Waals surface area contributed by atoms with Crippen LogP contribution >= 0.6 is 0 Å². The van der Waals surface area contributed by atoms with Crippen LogP contribution in [0.4, 0.5) is 0 Å². The molecule has 250 valence electrons. The molecule has 7 heteroatoms. The van der Waals surface area contributed by atoms with E-state index >= 15 is 0 Å². The SMILES string of the molecule is CC(=O)OC[C@H]1C[C@@H](OC(C)=O)CC[C@]1(C)[C@H]1CC[C@]2(C)C(=O)CC[C@H]2[C@@H]1CO[Si](c1ccccc1)(c1ccccc1)C(C)(C)C. The van der Waals surface area contributed by atoms with Gasteiger partial charge in [0.15, 0.2) is 0 Å². The zero-order valence-corrected chi connectivity index (χ0v) is 30.0. The van der Waals surface area contributed by atoms with Crippen LogP contribution in [0.15, 0.2) is 60.7 Å². The Bertz CT molecular complexity index is 1350. The molecule has 0 amide bonds. The maximum atomic E-state index is 13.5. The van der Waals surface area contributed by atoms with Gasteiger partial charge in [0.25, 0.3) is 8.32 Å². The number of esters is 2. The van der Waals surface area contributed by atoms with Crippen molar-refractivity contribution in [1.29, 1.82) is 0 Å². The summed E-state index contributed by atoms with van der Waals surface area (Å²) in [4.78, 5) is 37.5. The third-order valence-corrected chi connectivity index (χ3v) is 17.2. The van der Waals surface area contributed by atoms with Crippen LogP contribution in [-0.2, 0) is 28.3 Å². The number of ether oxygens (including phenoxy) is 2. The third-order valence-electron chi connectivity index (χ3n) is 12.2. The molecule has 0 aliphatic heterocycles.